The Bertz CT molecular complexity index is 941. The molecule has 3 rings (SSSR count). The third-order valence-electron chi connectivity index (χ3n) is 3.73. The van der Waals surface area contributed by atoms with E-state index in [1.54, 1.807) is 24.3 Å². The molecule has 1 heterocycles. The number of amides is 1. The van der Waals surface area contributed by atoms with E-state index in [0.717, 1.165) is 22.6 Å². The lowest BCUT2D eigenvalue weighted by Gasteiger charge is -2.08. The SMILES string of the molecule is Cc1cc(Cl)ccc1NC(=O)CSc1nnc(-c2ccc(Cl)cc2)n1C. The van der Waals surface area contributed by atoms with Crippen molar-refractivity contribution in [3.63, 3.8) is 0 Å². The summed E-state index contributed by atoms with van der Waals surface area (Å²) in [6.45, 7) is 1.90. The van der Waals surface area contributed by atoms with Crippen LogP contribution in [0, 0.1) is 6.92 Å². The topological polar surface area (TPSA) is 59.8 Å². The molecule has 0 bridgehead atoms. The molecule has 8 heteroatoms. The molecule has 0 unspecified atom stereocenters. The Hall–Kier alpha value is -2.02. The van der Waals surface area contributed by atoms with Crippen LogP contribution in [0.3, 0.4) is 0 Å². The lowest BCUT2D eigenvalue weighted by molar-refractivity contribution is -0.113. The number of benzene rings is 2. The summed E-state index contributed by atoms with van der Waals surface area (Å²) in [4.78, 5) is 12.2. The van der Waals surface area contributed by atoms with Crippen LogP contribution >= 0.6 is 35.0 Å². The van der Waals surface area contributed by atoms with Gasteiger partial charge in [0.2, 0.25) is 5.91 Å². The average Bonchev–Trinajstić information content (AvgIpc) is 2.97. The summed E-state index contributed by atoms with van der Waals surface area (Å²) in [5.74, 6) is 0.837. The van der Waals surface area contributed by atoms with E-state index in [0.29, 0.717) is 15.2 Å². The predicted molar refractivity (Wildman–Crippen MR) is 107 cm³/mol. The zero-order valence-electron chi connectivity index (χ0n) is 14.2. The van der Waals surface area contributed by atoms with Gasteiger partial charge < -0.3 is 9.88 Å². The molecule has 0 spiro atoms. The van der Waals surface area contributed by atoms with Crippen molar-refractivity contribution >= 4 is 46.6 Å². The number of rotatable bonds is 5. The van der Waals surface area contributed by atoms with Gasteiger partial charge in [-0.3, -0.25) is 4.79 Å². The van der Waals surface area contributed by atoms with Crippen LogP contribution in [0.5, 0.6) is 0 Å². The summed E-state index contributed by atoms with van der Waals surface area (Å²) < 4.78 is 1.86. The summed E-state index contributed by atoms with van der Waals surface area (Å²) >= 11 is 13.2. The number of halogens is 2. The average molecular weight is 407 g/mol. The number of hydrogen-bond donors (Lipinski definition) is 1. The van der Waals surface area contributed by atoms with Gasteiger partial charge in [-0.15, -0.1) is 10.2 Å². The molecule has 2 aromatic carbocycles. The molecule has 134 valence electrons. The van der Waals surface area contributed by atoms with Gasteiger partial charge in [0, 0.05) is 28.3 Å². The van der Waals surface area contributed by atoms with Crippen LogP contribution in [0.2, 0.25) is 10.0 Å². The lowest BCUT2D eigenvalue weighted by Crippen LogP contribution is -2.15. The number of anilines is 1. The second kappa shape index (κ2) is 8.12. The number of thioether (sulfide) groups is 1. The Morgan fingerprint density at radius 3 is 2.50 bits per heavy atom. The van der Waals surface area contributed by atoms with Crippen molar-refractivity contribution < 1.29 is 4.79 Å². The molecule has 0 saturated carbocycles. The van der Waals surface area contributed by atoms with Crippen LogP contribution in [-0.4, -0.2) is 26.4 Å². The van der Waals surface area contributed by atoms with Crippen molar-refractivity contribution in [1.82, 2.24) is 14.8 Å². The van der Waals surface area contributed by atoms with Crippen molar-refractivity contribution in [3.8, 4) is 11.4 Å². The highest BCUT2D eigenvalue weighted by Crippen LogP contribution is 2.24. The number of hydrogen-bond acceptors (Lipinski definition) is 4. The van der Waals surface area contributed by atoms with Gasteiger partial charge in [-0.25, -0.2) is 0 Å². The van der Waals surface area contributed by atoms with Crippen molar-refractivity contribution in [2.75, 3.05) is 11.1 Å². The monoisotopic (exact) mass is 406 g/mol. The van der Waals surface area contributed by atoms with Crippen molar-refractivity contribution in [1.29, 1.82) is 0 Å². The van der Waals surface area contributed by atoms with E-state index in [-0.39, 0.29) is 11.7 Å². The summed E-state index contributed by atoms with van der Waals surface area (Å²) in [5.41, 5.74) is 2.58. The second-order valence-corrected chi connectivity index (χ2v) is 7.48. The van der Waals surface area contributed by atoms with Gasteiger partial charge in [0.25, 0.3) is 0 Å². The van der Waals surface area contributed by atoms with E-state index in [2.05, 4.69) is 15.5 Å². The van der Waals surface area contributed by atoms with Crippen molar-refractivity contribution in [3.05, 3.63) is 58.1 Å². The third kappa shape index (κ3) is 4.38. The summed E-state index contributed by atoms with van der Waals surface area (Å²) in [5, 5.41) is 13.2. The Labute approximate surface area is 165 Å². The van der Waals surface area contributed by atoms with Gasteiger partial charge >= 0.3 is 0 Å². The van der Waals surface area contributed by atoms with Gasteiger partial charge in [-0.1, -0.05) is 35.0 Å². The molecule has 1 amide bonds. The normalized spacial score (nSPS) is 10.8. The number of carbonyl (C=O) groups is 1. The smallest absolute Gasteiger partial charge is 0.234 e. The zero-order valence-corrected chi connectivity index (χ0v) is 16.5. The van der Waals surface area contributed by atoms with E-state index in [1.165, 1.54) is 11.8 Å². The minimum absolute atomic E-state index is 0.114. The fraction of sp³-hybridized carbons (Fsp3) is 0.167. The minimum atomic E-state index is -0.114. The Balaban J connectivity index is 1.64. The maximum absolute atomic E-state index is 12.2. The third-order valence-corrected chi connectivity index (χ3v) is 5.24. The molecule has 5 nitrogen and oxygen atoms in total. The first-order valence-corrected chi connectivity index (χ1v) is 9.52. The van der Waals surface area contributed by atoms with E-state index >= 15 is 0 Å². The standard InChI is InChI=1S/C18H16Cl2N4OS/c1-11-9-14(20)7-8-15(11)21-16(25)10-26-18-23-22-17(24(18)2)12-3-5-13(19)6-4-12/h3-9H,10H2,1-2H3,(H,21,25). The van der Waals surface area contributed by atoms with Crippen molar-refractivity contribution in [2.45, 2.75) is 12.1 Å². The largest absolute Gasteiger partial charge is 0.325 e. The fourth-order valence-electron chi connectivity index (χ4n) is 2.37. The number of carbonyl (C=O) groups excluding carboxylic acids is 1. The summed E-state index contributed by atoms with van der Waals surface area (Å²) in [6, 6.07) is 12.7. The Morgan fingerprint density at radius 1 is 1.12 bits per heavy atom. The molecule has 0 fully saturated rings. The highest BCUT2D eigenvalue weighted by atomic mass is 35.5. The molecule has 3 aromatic rings. The number of aromatic nitrogens is 3. The quantitative estimate of drug-likeness (QED) is 0.616. The summed E-state index contributed by atoms with van der Waals surface area (Å²) in [6.07, 6.45) is 0. The van der Waals surface area contributed by atoms with Crippen LogP contribution < -0.4 is 5.32 Å². The van der Waals surface area contributed by atoms with E-state index in [1.807, 2.05) is 36.7 Å². The molecule has 26 heavy (non-hydrogen) atoms. The van der Waals surface area contributed by atoms with Crippen molar-refractivity contribution in [2.24, 2.45) is 7.05 Å². The van der Waals surface area contributed by atoms with E-state index in [4.69, 9.17) is 23.2 Å². The van der Waals surface area contributed by atoms with Crippen LogP contribution in [0.4, 0.5) is 5.69 Å². The molecule has 0 atom stereocenters. The Morgan fingerprint density at radius 2 is 1.81 bits per heavy atom. The maximum atomic E-state index is 12.2. The van der Waals surface area contributed by atoms with Gasteiger partial charge in [-0.2, -0.15) is 0 Å². The van der Waals surface area contributed by atoms with Crippen LogP contribution in [0.25, 0.3) is 11.4 Å². The van der Waals surface area contributed by atoms with E-state index in [9.17, 15) is 4.79 Å². The minimum Gasteiger partial charge on any atom is -0.325 e. The molecular weight excluding hydrogens is 391 g/mol. The molecule has 0 aliphatic rings. The van der Waals surface area contributed by atoms with E-state index < -0.39 is 0 Å². The Kier molecular flexibility index (Phi) is 5.86. The number of nitrogens with zero attached hydrogens (tertiary/aromatic N) is 3. The maximum Gasteiger partial charge on any atom is 0.234 e. The highest BCUT2D eigenvalue weighted by molar-refractivity contribution is 7.99. The molecule has 0 saturated heterocycles. The first-order chi connectivity index (χ1) is 12.4. The first-order valence-electron chi connectivity index (χ1n) is 7.78. The zero-order chi connectivity index (χ0) is 18.7. The van der Waals surface area contributed by atoms with Gasteiger partial charge in [0.05, 0.1) is 5.75 Å². The molecule has 0 radical (unpaired) electrons. The molecule has 0 aliphatic carbocycles. The number of aryl methyl sites for hydroxylation is 1. The van der Waals surface area contributed by atoms with Gasteiger partial charge in [0.1, 0.15) is 0 Å². The molecule has 1 N–H and O–H groups in total. The fourth-order valence-corrected chi connectivity index (χ4v) is 3.44. The van der Waals surface area contributed by atoms with Crippen LogP contribution in [0.15, 0.2) is 47.6 Å². The first kappa shape index (κ1) is 18.8. The van der Waals surface area contributed by atoms with Gasteiger partial charge in [0.15, 0.2) is 11.0 Å². The number of nitrogens with one attached hydrogen (secondary N) is 1. The summed E-state index contributed by atoms with van der Waals surface area (Å²) in [7, 11) is 1.87. The molecule has 0 aliphatic heterocycles. The predicted octanol–water partition coefficient (Wildman–Crippen LogP) is 4.83. The molecule has 1 aromatic heterocycles. The van der Waals surface area contributed by atoms with Crippen LogP contribution in [-0.2, 0) is 11.8 Å². The highest BCUT2D eigenvalue weighted by Gasteiger charge is 2.13. The molecular formula is C18H16Cl2N4OS. The lowest BCUT2D eigenvalue weighted by atomic mass is 10.2. The van der Waals surface area contributed by atoms with Gasteiger partial charge in [-0.05, 0) is 55.0 Å². The second-order valence-electron chi connectivity index (χ2n) is 5.67. The van der Waals surface area contributed by atoms with Crippen LogP contribution in [0.1, 0.15) is 5.56 Å².